The second-order valence-corrected chi connectivity index (χ2v) is 7.12. The highest BCUT2D eigenvalue weighted by atomic mass is 16.2. The number of nitrogens with one attached hydrogen (secondary N) is 1. The van der Waals surface area contributed by atoms with Gasteiger partial charge in [-0.3, -0.25) is 4.79 Å². The molecule has 1 atom stereocenters. The predicted molar refractivity (Wildman–Crippen MR) is 87.9 cm³/mol. The van der Waals surface area contributed by atoms with Crippen molar-refractivity contribution < 1.29 is 4.79 Å². The van der Waals surface area contributed by atoms with E-state index < -0.39 is 0 Å². The summed E-state index contributed by atoms with van der Waals surface area (Å²) in [7, 11) is 0. The normalized spacial score (nSPS) is 13.7. The van der Waals surface area contributed by atoms with Crippen LogP contribution in [-0.2, 0) is 4.79 Å². The summed E-state index contributed by atoms with van der Waals surface area (Å²) in [5, 5.41) is 4.03. The summed E-state index contributed by atoms with van der Waals surface area (Å²) in [4.78, 5) is 11.5. The van der Waals surface area contributed by atoms with E-state index in [1.54, 1.807) is 0 Å². The van der Waals surface area contributed by atoms with E-state index in [9.17, 15) is 4.79 Å². The molecular formula is C17H34N2O. The lowest BCUT2D eigenvalue weighted by molar-refractivity contribution is -0.121. The van der Waals surface area contributed by atoms with E-state index in [4.69, 9.17) is 0 Å². The first-order valence-electron chi connectivity index (χ1n) is 8.15. The predicted octanol–water partition coefficient (Wildman–Crippen LogP) is 4.91. The second kappa shape index (κ2) is 10.9. The zero-order valence-corrected chi connectivity index (χ0v) is 14.2. The fourth-order valence-corrected chi connectivity index (χ4v) is 2.42. The molecule has 20 heavy (non-hydrogen) atoms. The first kappa shape index (κ1) is 19.1. The maximum Gasteiger partial charge on any atom is 0.240 e. The van der Waals surface area contributed by atoms with Crippen LogP contribution in [0.1, 0.15) is 86.0 Å². The molecule has 0 saturated heterocycles. The van der Waals surface area contributed by atoms with Gasteiger partial charge in [-0.05, 0) is 30.6 Å². The standard InChI is InChI=1S/C17H34N2O/c1-6-7-8-9-10-11-16(20)19-18-13-12-15(2)14-17(3,4)5/h13,15H,6-12,14H2,1-5H3,(H,19,20)/b18-13-. The van der Waals surface area contributed by atoms with Gasteiger partial charge >= 0.3 is 0 Å². The van der Waals surface area contributed by atoms with Crippen LogP contribution in [0.5, 0.6) is 0 Å². The van der Waals surface area contributed by atoms with Crippen LogP contribution in [0.2, 0.25) is 0 Å². The van der Waals surface area contributed by atoms with Gasteiger partial charge in [-0.1, -0.05) is 60.3 Å². The molecule has 0 bridgehead atoms. The highest BCUT2D eigenvalue weighted by Gasteiger charge is 2.14. The van der Waals surface area contributed by atoms with Crippen LogP contribution in [0.25, 0.3) is 0 Å². The smallest absolute Gasteiger partial charge is 0.240 e. The lowest BCUT2D eigenvalue weighted by atomic mass is 9.84. The third kappa shape index (κ3) is 13.6. The van der Waals surface area contributed by atoms with Crippen molar-refractivity contribution in [2.75, 3.05) is 0 Å². The molecule has 3 heteroatoms. The Bertz CT molecular complexity index is 279. The highest BCUT2D eigenvalue weighted by Crippen LogP contribution is 2.25. The van der Waals surface area contributed by atoms with Crippen molar-refractivity contribution in [3.05, 3.63) is 0 Å². The molecule has 1 N–H and O–H groups in total. The number of hydrogen-bond acceptors (Lipinski definition) is 2. The number of nitrogens with zero attached hydrogens (tertiary/aromatic N) is 1. The van der Waals surface area contributed by atoms with Crippen LogP contribution in [0.3, 0.4) is 0 Å². The summed E-state index contributed by atoms with van der Waals surface area (Å²) in [5.41, 5.74) is 2.98. The number of hydrazone groups is 1. The van der Waals surface area contributed by atoms with Crippen molar-refractivity contribution in [2.45, 2.75) is 86.0 Å². The Hall–Kier alpha value is -0.860. The molecule has 0 rings (SSSR count). The molecule has 0 radical (unpaired) electrons. The van der Waals surface area contributed by atoms with Crippen LogP contribution in [0.15, 0.2) is 5.10 Å². The molecule has 1 amide bonds. The van der Waals surface area contributed by atoms with E-state index in [-0.39, 0.29) is 5.91 Å². The first-order valence-corrected chi connectivity index (χ1v) is 8.15. The summed E-state index contributed by atoms with van der Waals surface area (Å²) in [6, 6.07) is 0. The lowest BCUT2D eigenvalue weighted by Crippen LogP contribution is -2.17. The van der Waals surface area contributed by atoms with Gasteiger partial charge < -0.3 is 0 Å². The van der Waals surface area contributed by atoms with Gasteiger partial charge in [-0.25, -0.2) is 5.43 Å². The second-order valence-electron chi connectivity index (χ2n) is 7.12. The van der Waals surface area contributed by atoms with Crippen molar-refractivity contribution in [3.63, 3.8) is 0 Å². The molecular weight excluding hydrogens is 248 g/mol. The van der Waals surface area contributed by atoms with E-state index in [0.29, 0.717) is 17.8 Å². The van der Waals surface area contributed by atoms with Crippen LogP contribution >= 0.6 is 0 Å². The summed E-state index contributed by atoms with van der Waals surface area (Å²) in [6.07, 6.45) is 10.4. The monoisotopic (exact) mass is 282 g/mol. The van der Waals surface area contributed by atoms with E-state index in [0.717, 1.165) is 19.3 Å². The van der Waals surface area contributed by atoms with Crippen molar-refractivity contribution in [2.24, 2.45) is 16.4 Å². The van der Waals surface area contributed by atoms with E-state index in [2.05, 4.69) is 45.1 Å². The molecule has 0 aromatic carbocycles. The van der Waals surface area contributed by atoms with Gasteiger partial charge in [0.05, 0.1) is 0 Å². The maximum atomic E-state index is 11.5. The molecule has 0 aliphatic heterocycles. The summed E-state index contributed by atoms with van der Waals surface area (Å²) < 4.78 is 0. The topological polar surface area (TPSA) is 41.5 Å². The minimum atomic E-state index is 0.0428. The molecule has 0 aliphatic carbocycles. The van der Waals surface area contributed by atoms with Gasteiger partial charge in [0.2, 0.25) is 5.91 Å². The van der Waals surface area contributed by atoms with E-state index in [1.165, 1.54) is 25.7 Å². The van der Waals surface area contributed by atoms with Crippen LogP contribution in [0.4, 0.5) is 0 Å². The maximum absolute atomic E-state index is 11.5. The lowest BCUT2D eigenvalue weighted by Gasteiger charge is -2.21. The average molecular weight is 282 g/mol. The van der Waals surface area contributed by atoms with E-state index in [1.807, 2.05) is 6.21 Å². The third-order valence-electron chi connectivity index (χ3n) is 3.26. The Morgan fingerprint density at radius 2 is 1.85 bits per heavy atom. The Balaban J connectivity index is 3.61. The molecule has 3 nitrogen and oxygen atoms in total. The zero-order valence-electron chi connectivity index (χ0n) is 14.2. The Morgan fingerprint density at radius 3 is 2.45 bits per heavy atom. The SMILES string of the molecule is CCCCCCCC(=O)N/N=C\CC(C)CC(C)(C)C. The van der Waals surface area contributed by atoms with Gasteiger partial charge in [-0.15, -0.1) is 0 Å². The quantitative estimate of drug-likeness (QED) is 0.345. The van der Waals surface area contributed by atoms with Crippen LogP contribution in [-0.4, -0.2) is 12.1 Å². The zero-order chi connectivity index (χ0) is 15.4. The number of carbonyl (C=O) groups excluding carboxylic acids is 1. The molecule has 0 aliphatic rings. The summed E-state index contributed by atoms with van der Waals surface area (Å²) >= 11 is 0. The molecule has 0 aromatic heterocycles. The molecule has 0 spiro atoms. The molecule has 0 saturated carbocycles. The van der Waals surface area contributed by atoms with Crippen molar-refractivity contribution in [1.82, 2.24) is 5.43 Å². The van der Waals surface area contributed by atoms with Gasteiger partial charge in [0, 0.05) is 12.6 Å². The average Bonchev–Trinajstić information content (AvgIpc) is 2.32. The number of unbranched alkanes of at least 4 members (excludes halogenated alkanes) is 4. The fourth-order valence-electron chi connectivity index (χ4n) is 2.42. The van der Waals surface area contributed by atoms with Gasteiger partial charge in [0.25, 0.3) is 0 Å². The minimum absolute atomic E-state index is 0.0428. The van der Waals surface area contributed by atoms with Gasteiger partial charge in [0.1, 0.15) is 0 Å². The Morgan fingerprint density at radius 1 is 1.20 bits per heavy atom. The molecule has 118 valence electrons. The third-order valence-corrected chi connectivity index (χ3v) is 3.26. The molecule has 0 fully saturated rings. The molecule has 0 aromatic rings. The van der Waals surface area contributed by atoms with Crippen molar-refractivity contribution >= 4 is 12.1 Å². The van der Waals surface area contributed by atoms with Crippen LogP contribution < -0.4 is 5.43 Å². The Kier molecular flexibility index (Phi) is 10.4. The number of amides is 1. The fraction of sp³-hybridized carbons (Fsp3) is 0.882. The number of rotatable bonds is 10. The van der Waals surface area contributed by atoms with Gasteiger partial charge in [0.15, 0.2) is 0 Å². The number of hydrogen-bond donors (Lipinski definition) is 1. The Labute approximate surface area is 125 Å². The van der Waals surface area contributed by atoms with E-state index >= 15 is 0 Å². The largest absolute Gasteiger partial charge is 0.273 e. The van der Waals surface area contributed by atoms with Crippen molar-refractivity contribution in [3.8, 4) is 0 Å². The van der Waals surface area contributed by atoms with Crippen LogP contribution in [0, 0.1) is 11.3 Å². The summed E-state index contributed by atoms with van der Waals surface area (Å²) in [5.74, 6) is 0.644. The molecule has 1 unspecified atom stereocenters. The summed E-state index contributed by atoms with van der Waals surface area (Å²) in [6.45, 7) is 11.2. The van der Waals surface area contributed by atoms with Crippen molar-refractivity contribution in [1.29, 1.82) is 0 Å². The molecule has 0 heterocycles. The first-order chi connectivity index (χ1) is 9.35. The minimum Gasteiger partial charge on any atom is -0.273 e. The number of carbonyl (C=O) groups is 1. The van der Waals surface area contributed by atoms with Gasteiger partial charge in [-0.2, -0.15) is 5.10 Å². The highest BCUT2D eigenvalue weighted by molar-refractivity contribution is 5.76.